The number of carbonyl (C=O) groups is 17. The summed E-state index contributed by atoms with van der Waals surface area (Å²) in [4.78, 5) is 215. The minimum Gasteiger partial charge on any atom is -0.480 e. The van der Waals surface area contributed by atoms with Gasteiger partial charge in [-0.2, -0.15) is 0 Å². The molecule has 0 radical (unpaired) electrons. The number of aliphatic carboxylic acids is 1. The number of esters is 12. The lowest BCUT2D eigenvalue weighted by molar-refractivity contribution is -0.279. The molecule has 836 valence electrons. The normalized spacial score (nSPS) is 23.7. The number of hydrogen-bond acceptors (Lipinski definition) is 51. The lowest BCUT2D eigenvalue weighted by Crippen LogP contribution is -2.66. The Morgan fingerprint density at radius 2 is 0.533 bits per heavy atom. The van der Waals surface area contributed by atoms with E-state index in [0.717, 1.165) is 83.1 Å². The minimum absolute atomic E-state index is 0.00572. The third kappa shape index (κ3) is 42.8. The average Bonchev–Trinajstić information content (AvgIpc) is 0.909. The number of amides is 4. The van der Waals surface area contributed by atoms with Gasteiger partial charge in [-0.15, -0.1) is 20.4 Å². The minimum atomic E-state index is -1.37. The number of unbranched alkanes of at least 4 members (excludes halogenated alkanes) is 1. The number of rotatable bonds is 63. The van der Waals surface area contributed by atoms with Crippen molar-refractivity contribution >= 4 is 101 Å². The van der Waals surface area contributed by atoms with Crippen LogP contribution in [-0.2, 0) is 248 Å². The first-order chi connectivity index (χ1) is 71.3. The van der Waals surface area contributed by atoms with Gasteiger partial charge in [0, 0.05) is 162 Å². The number of nitrogens with zero attached hydrogens (tertiary/aromatic N) is 14. The molecule has 21 atom stereocenters. The van der Waals surface area contributed by atoms with Crippen molar-refractivity contribution in [3.63, 3.8) is 0 Å². The second-order valence-corrected chi connectivity index (χ2v) is 34.7. The van der Waals surface area contributed by atoms with Crippen LogP contribution in [0.4, 0.5) is 0 Å². The summed E-state index contributed by atoms with van der Waals surface area (Å²) >= 11 is 0. The highest BCUT2D eigenvalue weighted by Crippen LogP contribution is 2.34. The maximum atomic E-state index is 13.9. The molecule has 150 heavy (non-hydrogen) atoms. The Morgan fingerprint density at radius 3 is 0.747 bits per heavy atom. The zero-order valence-electron chi connectivity index (χ0n) is 86.2. The zero-order chi connectivity index (χ0) is 110. The molecule has 4 saturated heterocycles. The van der Waals surface area contributed by atoms with E-state index in [0.29, 0.717) is 35.7 Å². The number of hydrogen-bond donors (Lipinski definition) is 5. The van der Waals surface area contributed by atoms with E-state index < -0.39 is 256 Å². The predicted molar refractivity (Wildman–Crippen MR) is 492 cm³/mol. The van der Waals surface area contributed by atoms with Gasteiger partial charge in [-0.3, -0.25) is 91.3 Å². The highest BCUT2D eigenvalue weighted by molar-refractivity contribution is 5.77. The van der Waals surface area contributed by atoms with Crippen molar-refractivity contribution in [2.24, 2.45) is 0 Å². The fourth-order valence-corrected chi connectivity index (χ4v) is 16.2. The first kappa shape index (κ1) is 122. The van der Waals surface area contributed by atoms with Crippen LogP contribution in [0.1, 0.15) is 153 Å². The van der Waals surface area contributed by atoms with E-state index in [4.69, 9.17) is 114 Å². The molecule has 4 aromatic rings. The van der Waals surface area contributed by atoms with Gasteiger partial charge in [0.1, 0.15) is 81.1 Å². The highest BCUT2D eigenvalue weighted by Gasteiger charge is 2.56. The van der Waals surface area contributed by atoms with Gasteiger partial charge in [0.25, 0.3) is 0 Å². The van der Waals surface area contributed by atoms with Crippen molar-refractivity contribution in [3.05, 3.63) is 47.6 Å². The summed E-state index contributed by atoms with van der Waals surface area (Å²) in [6.07, 6.45) is -13.9. The molecule has 60 heteroatoms. The molecule has 0 aromatic carbocycles. The number of carboxylic acids is 1. The topological polar surface area (TPSA) is 709 Å². The van der Waals surface area contributed by atoms with E-state index in [1.165, 1.54) is 46.4 Å². The lowest BCUT2D eigenvalue weighted by atomic mass is 9.96. The summed E-state index contributed by atoms with van der Waals surface area (Å²) < 4.78 is 143. The number of ether oxygens (including phenoxy) is 24. The fraction of sp³-hybridized carbons (Fsp3) is 0.722. The SMILES string of the molecule is CC(=O)N[C@H]1[C@H](OCCOCCn2cc(CN(CCCC[C@@H](C(=O)O)N(Cc3cn(CCOCCO[C@@H]4O[C@H](COC(C)=O)[C@H](OC(C)=O)[C@H](OC(C)=O)[C@H]4NC(C)=O)nn3)Cc3cn(CCOCCO[C@@H]4OC(COC(C)=O)[C@H](OC(C)=O)[C@H](OC(C)=O)[C@H]4NC(C)=O)nn3)Cc3cn(CCOCCO[C@@H]4O[C@H](COC(C)=O)[C@H](OC(C)=O)[C@H](OC(C)=O)[C@H]4NC(C)=O)nn3)nn2)O[C@H](COC(C)=O)[C@H](OC(C)=O)[C@@H]1OC(C)=O. The van der Waals surface area contributed by atoms with Crippen LogP contribution in [0.2, 0.25) is 0 Å². The lowest BCUT2D eigenvalue weighted by Gasteiger charge is -2.44. The number of aromatic nitrogens is 12. The second-order valence-electron chi connectivity index (χ2n) is 34.7. The summed E-state index contributed by atoms with van der Waals surface area (Å²) in [5, 5.41) is 56.9. The van der Waals surface area contributed by atoms with E-state index in [9.17, 15) is 86.6 Å². The van der Waals surface area contributed by atoms with Crippen molar-refractivity contribution in [3.8, 4) is 0 Å². The quantitative estimate of drug-likeness (QED) is 0.0160. The van der Waals surface area contributed by atoms with Gasteiger partial charge < -0.3 is 140 Å². The number of carbonyl (C=O) groups excluding carboxylic acids is 16. The maximum Gasteiger partial charge on any atom is 0.320 e. The van der Waals surface area contributed by atoms with Gasteiger partial charge in [-0.05, 0) is 19.4 Å². The smallest absolute Gasteiger partial charge is 0.320 e. The third-order valence-corrected chi connectivity index (χ3v) is 22.0. The second kappa shape index (κ2) is 62.6. The first-order valence-electron chi connectivity index (χ1n) is 48.0. The van der Waals surface area contributed by atoms with Crippen molar-refractivity contribution in [1.29, 1.82) is 0 Å². The Kier molecular flexibility index (Phi) is 51.0. The van der Waals surface area contributed by atoms with Crippen molar-refractivity contribution in [2.75, 3.05) is 112 Å². The molecule has 8 rings (SSSR count). The molecule has 5 N–H and O–H groups in total. The van der Waals surface area contributed by atoms with Crippen molar-refractivity contribution in [2.45, 2.75) is 311 Å². The van der Waals surface area contributed by atoms with Crippen molar-refractivity contribution < 1.29 is 200 Å². The average molecular weight is 2140 g/mol. The molecule has 4 aliphatic heterocycles. The van der Waals surface area contributed by atoms with Crippen LogP contribution in [0.5, 0.6) is 0 Å². The van der Waals surface area contributed by atoms with E-state index in [1.807, 2.05) is 4.90 Å². The molecule has 4 amide bonds. The molecule has 4 fully saturated rings. The molecule has 0 aliphatic carbocycles. The molecule has 0 spiro atoms. The highest BCUT2D eigenvalue weighted by atomic mass is 16.8. The Bertz CT molecular complexity index is 4790. The number of nitrogens with one attached hydrogen (secondary N) is 4. The van der Waals surface area contributed by atoms with Gasteiger partial charge in [-0.1, -0.05) is 27.3 Å². The van der Waals surface area contributed by atoms with Gasteiger partial charge >= 0.3 is 77.6 Å². The van der Waals surface area contributed by atoms with Crippen molar-refractivity contribution in [1.82, 2.24) is 91.0 Å². The molecule has 8 heterocycles. The van der Waals surface area contributed by atoms with Crippen LogP contribution in [0, 0.1) is 0 Å². The molecule has 0 saturated carbocycles. The predicted octanol–water partition coefficient (Wildman–Crippen LogP) is -3.86. The fourth-order valence-electron chi connectivity index (χ4n) is 16.2. The Balaban J connectivity index is 0.979. The summed E-state index contributed by atoms with van der Waals surface area (Å²) in [6.45, 7) is 16.4. The molecular formula is C90H134N18O42. The standard InChI is InChI=1S/C90H134N18O42/c1-49(109)91-74-82(143-61(13)121)78(139-57(9)117)70(45-135-53(5)113)147-87(74)131-33-29-127-25-21-105-41-65(95-99-105)37-103(38-66-42-106(100-96-66)22-26-128-30-34-132-88-75(92-50(2)110)83(144-62(14)122)79(140-58(10)118)71(148-88)46-136-54(6)114)20-18-17-19-69(86(125)126)104(39-67-43-107(101-97-67)23-27-129-31-35-133-89-76(93-51(3)111)84(145-63(15)123)80(141-59(11)119)72(149-89)47-137-55(7)115)40-68-44-108(102-98-68)24-28-130-32-36-134-90-77(94-52(4)112)85(146-64(16)124)81(142-60(12)120)73(150-90)48-138-56(8)116/h41-44,69-85,87-90H,17-40,45-48H2,1-16H3,(H,91,109)(H,92,110)(H,93,111)(H,94,112)(H,125,126)/t69-,70+,71+,72+,73?,74+,75+,76+,77+,78-,79-,80-,81-,82+,83+,84+,85+,87+,88+,89+,90+/m0/s1. The maximum absolute atomic E-state index is 13.9. The summed E-state index contributed by atoms with van der Waals surface area (Å²) in [6, 6.07) is -6.16. The molecule has 1 unspecified atom stereocenters. The van der Waals surface area contributed by atoms with Gasteiger partial charge in [0.2, 0.25) is 23.6 Å². The third-order valence-electron chi connectivity index (χ3n) is 22.0. The van der Waals surface area contributed by atoms with Gasteiger partial charge in [-0.25, -0.2) is 18.7 Å². The van der Waals surface area contributed by atoms with Crippen LogP contribution in [-0.4, -0.2) is 417 Å². The molecule has 4 aliphatic rings. The van der Waals surface area contributed by atoms with E-state index in [1.54, 1.807) is 29.7 Å². The monoisotopic (exact) mass is 2140 g/mol. The molecule has 4 aromatic heterocycles. The van der Waals surface area contributed by atoms with Crippen LogP contribution in [0.3, 0.4) is 0 Å². The first-order valence-corrected chi connectivity index (χ1v) is 48.0. The summed E-state index contributed by atoms with van der Waals surface area (Å²) in [7, 11) is 0. The van der Waals surface area contributed by atoms with Crippen LogP contribution in [0.25, 0.3) is 0 Å². The van der Waals surface area contributed by atoms with Crippen LogP contribution >= 0.6 is 0 Å². The van der Waals surface area contributed by atoms with Crippen LogP contribution in [0.15, 0.2) is 24.8 Å². The van der Waals surface area contributed by atoms with Gasteiger partial charge in [0.05, 0.1) is 128 Å². The zero-order valence-corrected chi connectivity index (χ0v) is 86.2. The largest absolute Gasteiger partial charge is 0.480 e. The Hall–Kier alpha value is -13.0. The van der Waals surface area contributed by atoms with E-state index >= 15 is 0 Å². The van der Waals surface area contributed by atoms with E-state index in [2.05, 4.69) is 62.5 Å². The molecule has 60 nitrogen and oxygen atoms in total. The Labute approximate surface area is 860 Å². The van der Waals surface area contributed by atoms with Gasteiger partial charge in [0.15, 0.2) is 74.0 Å². The summed E-state index contributed by atoms with van der Waals surface area (Å²) in [5.74, 6) is -12.7. The summed E-state index contributed by atoms with van der Waals surface area (Å²) in [5.41, 5.74) is 1.61. The molecular weight excluding hydrogens is 2010 g/mol. The Morgan fingerprint density at radius 1 is 0.307 bits per heavy atom. The van der Waals surface area contributed by atoms with E-state index in [-0.39, 0.29) is 144 Å². The number of carboxylic acid groups (broad SMARTS) is 1. The molecule has 0 bridgehead atoms. The van der Waals surface area contributed by atoms with Crippen LogP contribution < -0.4 is 21.3 Å².